The number of aryl methyl sites for hydroxylation is 2. The number of nitrogens with one attached hydrogen (secondary N) is 1. The van der Waals surface area contributed by atoms with Crippen LogP contribution in [0.4, 0.5) is 5.69 Å². The van der Waals surface area contributed by atoms with Crippen LogP contribution in [0.5, 0.6) is 0 Å². The second-order valence-corrected chi connectivity index (χ2v) is 4.80. The lowest BCUT2D eigenvalue weighted by molar-refractivity contribution is 0.102. The fraction of sp³-hybridized carbons (Fsp3) is 0.250. The molecule has 0 aliphatic rings. The lowest BCUT2D eigenvalue weighted by Gasteiger charge is -2.07. The standard InChI is InChI=1S/C16H19N3O/c1-12-8-14(11-18-10-12)16(20)19-15-6-2-4-13(9-15)5-3-7-17/h2,4,6,8-11H,3,5,7,17H2,1H3,(H,19,20). The van der Waals surface area contributed by atoms with Gasteiger partial charge in [0.15, 0.2) is 0 Å². The number of pyridine rings is 1. The van der Waals surface area contributed by atoms with Crippen molar-refractivity contribution in [3.63, 3.8) is 0 Å². The summed E-state index contributed by atoms with van der Waals surface area (Å²) in [6, 6.07) is 9.67. The van der Waals surface area contributed by atoms with E-state index in [9.17, 15) is 4.79 Å². The zero-order valence-corrected chi connectivity index (χ0v) is 11.6. The van der Waals surface area contributed by atoms with Gasteiger partial charge in [0, 0.05) is 18.1 Å². The minimum atomic E-state index is -0.142. The van der Waals surface area contributed by atoms with E-state index in [0.29, 0.717) is 12.1 Å². The molecule has 1 aromatic carbocycles. The summed E-state index contributed by atoms with van der Waals surface area (Å²) in [7, 11) is 0. The number of anilines is 1. The predicted octanol–water partition coefficient (Wildman–Crippen LogP) is 2.53. The van der Waals surface area contributed by atoms with Gasteiger partial charge in [-0.2, -0.15) is 0 Å². The average molecular weight is 269 g/mol. The largest absolute Gasteiger partial charge is 0.330 e. The SMILES string of the molecule is Cc1cncc(C(=O)Nc2cccc(CCCN)c2)c1. The predicted molar refractivity (Wildman–Crippen MR) is 80.7 cm³/mol. The Morgan fingerprint density at radius 2 is 2.15 bits per heavy atom. The molecule has 0 saturated heterocycles. The molecule has 0 aliphatic heterocycles. The van der Waals surface area contributed by atoms with E-state index in [2.05, 4.69) is 10.3 Å². The van der Waals surface area contributed by atoms with Crippen molar-refractivity contribution in [3.05, 3.63) is 59.4 Å². The van der Waals surface area contributed by atoms with Crippen LogP contribution in [0.2, 0.25) is 0 Å². The van der Waals surface area contributed by atoms with Crippen molar-refractivity contribution >= 4 is 11.6 Å². The van der Waals surface area contributed by atoms with Crippen molar-refractivity contribution in [2.45, 2.75) is 19.8 Å². The summed E-state index contributed by atoms with van der Waals surface area (Å²) in [6.45, 7) is 2.59. The lowest BCUT2D eigenvalue weighted by atomic mass is 10.1. The van der Waals surface area contributed by atoms with Gasteiger partial charge in [-0.3, -0.25) is 9.78 Å². The molecule has 2 aromatic rings. The van der Waals surface area contributed by atoms with Crippen molar-refractivity contribution in [1.29, 1.82) is 0 Å². The first kappa shape index (κ1) is 14.2. The fourth-order valence-electron chi connectivity index (χ4n) is 1.99. The van der Waals surface area contributed by atoms with Gasteiger partial charge in [-0.15, -0.1) is 0 Å². The smallest absolute Gasteiger partial charge is 0.257 e. The van der Waals surface area contributed by atoms with Gasteiger partial charge in [0.1, 0.15) is 0 Å². The maximum absolute atomic E-state index is 12.1. The minimum Gasteiger partial charge on any atom is -0.330 e. The van der Waals surface area contributed by atoms with Crippen molar-refractivity contribution in [2.24, 2.45) is 5.73 Å². The number of carbonyl (C=O) groups is 1. The Balaban J connectivity index is 2.07. The number of carbonyl (C=O) groups excluding carboxylic acids is 1. The summed E-state index contributed by atoms with van der Waals surface area (Å²) >= 11 is 0. The number of nitrogens with two attached hydrogens (primary N) is 1. The Labute approximate surface area is 119 Å². The molecular weight excluding hydrogens is 250 g/mol. The molecule has 4 nitrogen and oxygen atoms in total. The van der Waals surface area contributed by atoms with E-state index in [0.717, 1.165) is 24.1 Å². The third-order valence-corrected chi connectivity index (χ3v) is 2.99. The Morgan fingerprint density at radius 3 is 2.90 bits per heavy atom. The van der Waals surface area contributed by atoms with Gasteiger partial charge in [0.25, 0.3) is 5.91 Å². The first-order valence-corrected chi connectivity index (χ1v) is 6.71. The van der Waals surface area contributed by atoms with Gasteiger partial charge in [-0.25, -0.2) is 0 Å². The Kier molecular flexibility index (Phi) is 4.85. The number of rotatable bonds is 5. The van der Waals surface area contributed by atoms with Gasteiger partial charge < -0.3 is 11.1 Å². The molecule has 0 atom stereocenters. The lowest BCUT2D eigenvalue weighted by Crippen LogP contribution is -2.12. The molecule has 3 N–H and O–H groups in total. The Bertz CT molecular complexity index is 596. The molecular formula is C16H19N3O. The summed E-state index contributed by atoms with van der Waals surface area (Å²) in [5.74, 6) is -0.142. The van der Waals surface area contributed by atoms with Crippen molar-refractivity contribution in [3.8, 4) is 0 Å². The first-order valence-electron chi connectivity index (χ1n) is 6.71. The van der Waals surface area contributed by atoms with Crippen LogP contribution in [0.15, 0.2) is 42.7 Å². The van der Waals surface area contributed by atoms with E-state index in [1.807, 2.05) is 37.3 Å². The zero-order valence-electron chi connectivity index (χ0n) is 11.6. The molecule has 0 saturated carbocycles. The van der Waals surface area contributed by atoms with Crippen LogP contribution in [0.1, 0.15) is 27.9 Å². The molecule has 1 heterocycles. The van der Waals surface area contributed by atoms with Crippen molar-refractivity contribution in [2.75, 3.05) is 11.9 Å². The molecule has 0 spiro atoms. The quantitative estimate of drug-likeness (QED) is 0.876. The van der Waals surface area contributed by atoms with Gasteiger partial charge in [-0.1, -0.05) is 12.1 Å². The van der Waals surface area contributed by atoms with Crippen LogP contribution >= 0.6 is 0 Å². The Morgan fingerprint density at radius 1 is 1.30 bits per heavy atom. The monoisotopic (exact) mass is 269 g/mol. The maximum Gasteiger partial charge on any atom is 0.257 e. The number of nitrogens with zero attached hydrogens (tertiary/aromatic N) is 1. The van der Waals surface area contributed by atoms with E-state index in [4.69, 9.17) is 5.73 Å². The summed E-state index contributed by atoms with van der Waals surface area (Å²) in [4.78, 5) is 16.2. The van der Waals surface area contributed by atoms with Crippen LogP contribution in [0, 0.1) is 6.92 Å². The van der Waals surface area contributed by atoms with E-state index < -0.39 is 0 Å². The molecule has 0 radical (unpaired) electrons. The average Bonchev–Trinajstić information content (AvgIpc) is 2.45. The summed E-state index contributed by atoms with van der Waals surface area (Å²) < 4.78 is 0. The van der Waals surface area contributed by atoms with Gasteiger partial charge >= 0.3 is 0 Å². The topological polar surface area (TPSA) is 68.0 Å². The molecule has 1 amide bonds. The fourth-order valence-corrected chi connectivity index (χ4v) is 1.99. The van der Waals surface area contributed by atoms with Crippen LogP contribution in [0.3, 0.4) is 0 Å². The molecule has 0 bridgehead atoms. The highest BCUT2D eigenvalue weighted by Gasteiger charge is 2.07. The van der Waals surface area contributed by atoms with Crippen LogP contribution < -0.4 is 11.1 Å². The maximum atomic E-state index is 12.1. The molecule has 1 aromatic heterocycles. The Hall–Kier alpha value is -2.20. The van der Waals surface area contributed by atoms with E-state index in [1.54, 1.807) is 12.4 Å². The van der Waals surface area contributed by atoms with Crippen LogP contribution in [-0.2, 0) is 6.42 Å². The highest BCUT2D eigenvalue weighted by molar-refractivity contribution is 6.04. The number of hydrogen-bond donors (Lipinski definition) is 2. The van der Waals surface area contributed by atoms with E-state index in [1.165, 1.54) is 5.56 Å². The molecule has 20 heavy (non-hydrogen) atoms. The van der Waals surface area contributed by atoms with Gasteiger partial charge in [-0.05, 0) is 55.6 Å². The van der Waals surface area contributed by atoms with Crippen LogP contribution in [0.25, 0.3) is 0 Å². The molecule has 0 aliphatic carbocycles. The van der Waals surface area contributed by atoms with Crippen LogP contribution in [-0.4, -0.2) is 17.4 Å². The summed E-state index contributed by atoms with van der Waals surface area (Å²) in [5, 5.41) is 2.89. The van der Waals surface area contributed by atoms with E-state index in [-0.39, 0.29) is 5.91 Å². The van der Waals surface area contributed by atoms with Gasteiger partial charge in [0.05, 0.1) is 5.56 Å². The van der Waals surface area contributed by atoms with E-state index >= 15 is 0 Å². The highest BCUT2D eigenvalue weighted by Crippen LogP contribution is 2.13. The normalized spacial score (nSPS) is 10.3. The minimum absolute atomic E-state index is 0.142. The number of benzene rings is 1. The first-order chi connectivity index (χ1) is 9.69. The third kappa shape index (κ3) is 3.90. The second-order valence-electron chi connectivity index (χ2n) is 4.80. The molecule has 0 fully saturated rings. The molecule has 4 heteroatoms. The third-order valence-electron chi connectivity index (χ3n) is 2.99. The van der Waals surface area contributed by atoms with Crippen molar-refractivity contribution < 1.29 is 4.79 Å². The number of aromatic nitrogens is 1. The molecule has 2 rings (SSSR count). The summed E-state index contributed by atoms with van der Waals surface area (Å²) in [5.41, 5.74) is 9.02. The molecule has 0 unspecified atom stereocenters. The van der Waals surface area contributed by atoms with Crippen molar-refractivity contribution in [1.82, 2.24) is 4.98 Å². The summed E-state index contributed by atoms with van der Waals surface area (Å²) in [6.07, 6.45) is 5.16. The number of amides is 1. The zero-order chi connectivity index (χ0) is 14.4. The highest BCUT2D eigenvalue weighted by atomic mass is 16.1. The second kappa shape index (κ2) is 6.82. The number of hydrogen-bond acceptors (Lipinski definition) is 3. The molecule has 104 valence electrons. The van der Waals surface area contributed by atoms with Gasteiger partial charge in [0.2, 0.25) is 0 Å².